The molecular formula is C14H15F3O2. The molecule has 0 fully saturated rings. The van der Waals surface area contributed by atoms with Crippen molar-refractivity contribution in [2.75, 3.05) is 0 Å². The first-order chi connectivity index (χ1) is 8.70. The van der Waals surface area contributed by atoms with Crippen molar-refractivity contribution in [2.24, 2.45) is 0 Å². The lowest BCUT2D eigenvalue weighted by Crippen LogP contribution is -2.22. The summed E-state index contributed by atoms with van der Waals surface area (Å²) in [6.45, 7) is 5.15. The third-order valence-corrected chi connectivity index (χ3v) is 2.11. The maximum Gasteiger partial charge on any atom is 0.330 e. The quantitative estimate of drug-likeness (QED) is 0.478. The average Bonchev–Trinajstić information content (AvgIpc) is 2.27. The number of carbonyl (C=O) groups excluding carboxylic acids is 1. The zero-order chi connectivity index (χ0) is 14.6. The van der Waals surface area contributed by atoms with Crippen molar-refractivity contribution in [3.8, 4) is 0 Å². The minimum absolute atomic E-state index is 0.0255. The zero-order valence-electron chi connectivity index (χ0n) is 11.0. The number of rotatable bonds is 3. The van der Waals surface area contributed by atoms with Crippen molar-refractivity contribution in [1.29, 1.82) is 0 Å². The predicted molar refractivity (Wildman–Crippen MR) is 65.0 cm³/mol. The van der Waals surface area contributed by atoms with E-state index in [1.165, 1.54) is 6.08 Å². The second-order valence-electron chi connectivity index (χ2n) is 4.97. The number of esters is 1. The molecule has 1 aromatic carbocycles. The molecule has 0 bridgehead atoms. The van der Waals surface area contributed by atoms with E-state index >= 15 is 0 Å². The largest absolute Gasteiger partial charge is 0.457 e. The second-order valence-corrected chi connectivity index (χ2v) is 4.97. The number of halogens is 3. The van der Waals surface area contributed by atoms with Crippen LogP contribution in [0, 0.1) is 17.5 Å². The lowest BCUT2D eigenvalue weighted by molar-refractivity contribution is -0.148. The summed E-state index contributed by atoms with van der Waals surface area (Å²) >= 11 is 0. The minimum atomic E-state index is -1.51. The van der Waals surface area contributed by atoms with Gasteiger partial charge in [-0.3, -0.25) is 0 Å². The molecule has 0 aliphatic rings. The average molecular weight is 272 g/mol. The molecule has 0 aliphatic heterocycles. The van der Waals surface area contributed by atoms with Crippen molar-refractivity contribution < 1.29 is 22.7 Å². The highest BCUT2D eigenvalue weighted by atomic mass is 19.2. The maximum absolute atomic E-state index is 13.3. The Morgan fingerprint density at radius 3 is 2.42 bits per heavy atom. The molecule has 0 N–H and O–H groups in total. The van der Waals surface area contributed by atoms with Crippen molar-refractivity contribution in [3.05, 3.63) is 47.3 Å². The van der Waals surface area contributed by atoms with Gasteiger partial charge in [-0.1, -0.05) is 12.1 Å². The van der Waals surface area contributed by atoms with Crippen molar-refractivity contribution in [3.63, 3.8) is 0 Å². The third kappa shape index (κ3) is 4.77. The predicted octanol–water partition coefficient (Wildman–Crippen LogP) is 3.54. The molecule has 5 heteroatoms. The molecule has 0 aromatic heterocycles. The van der Waals surface area contributed by atoms with E-state index in [4.69, 9.17) is 4.74 Å². The van der Waals surface area contributed by atoms with Crippen LogP contribution in [-0.2, 0) is 16.0 Å². The van der Waals surface area contributed by atoms with Gasteiger partial charge in [0.25, 0.3) is 0 Å². The summed E-state index contributed by atoms with van der Waals surface area (Å²) in [5.41, 5.74) is -0.645. The van der Waals surface area contributed by atoms with E-state index in [0.717, 1.165) is 18.2 Å². The van der Waals surface area contributed by atoms with Crippen LogP contribution in [-0.4, -0.2) is 11.6 Å². The summed E-state index contributed by atoms with van der Waals surface area (Å²) in [7, 11) is 0. The number of ether oxygens (including phenoxy) is 1. The monoisotopic (exact) mass is 272 g/mol. The lowest BCUT2D eigenvalue weighted by Gasteiger charge is -2.17. The number of carbonyl (C=O) groups is 1. The molecule has 0 heterocycles. The molecule has 1 rings (SSSR count). The van der Waals surface area contributed by atoms with Gasteiger partial charge in [-0.05, 0) is 38.8 Å². The van der Waals surface area contributed by atoms with Crippen LogP contribution < -0.4 is 0 Å². The fourth-order valence-corrected chi connectivity index (χ4v) is 1.34. The van der Waals surface area contributed by atoms with Crippen molar-refractivity contribution in [2.45, 2.75) is 32.8 Å². The Balaban J connectivity index is 2.68. The Hall–Kier alpha value is -1.78. The first kappa shape index (κ1) is 15.3. The Morgan fingerprint density at radius 1 is 1.21 bits per heavy atom. The van der Waals surface area contributed by atoms with Gasteiger partial charge in [-0.15, -0.1) is 0 Å². The molecule has 0 spiro atoms. The van der Waals surface area contributed by atoms with E-state index in [0.29, 0.717) is 0 Å². The summed E-state index contributed by atoms with van der Waals surface area (Å²) in [6, 6.07) is 1.97. The Morgan fingerprint density at radius 2 is 1.84 bits per heavy atom. The molecule has 0 amide bonds. The fourth-order valence-electron chi connectivity index (χ4n) is 1.34. The second kappa shape index (κ2) is 5.91. The van der Waals surface area contributed by atoms with Crippen molar-refractivity contribution in [1.82, 2.24) is 0 Å². The summed E-state index contributed by atoms with van der Waals surface area (Å²) in [6.07, 6.45) is 2.44. The number of allylic oxidation sites excluding steroid dienone is 1. The molecular weight excluding hydrogens is 257 g/mol. The third-order valence-electron chi connectivity index (χ3n) is 2.11. The van der Waals surface area contributed by atoms with Crippen LogP contribution in [0.15, 0.2) is 24.3 Å². The standard InChI is InChI=1S/C14H15F3O2/c1-14(2,3)19-11(18)6-4-5-9-7-8-10(15)13(17)12(9)16/h4,6-8H,5H2,1-3H3. The highest BCUT2D eigenvalue weighted by Gasteiger charge is 2.14. The fraction of sp³-hybridized carbons (Fsp3) is 0.357. The number of hydrogen-bond donors (Lipinski definition) is 0. The lowest BCUT2D eigenvalue weighted by atomic mass is 10.1. The Kier molecular flexibility index (Phi) is 4.75. The van der Waals surface area contributed by atoms with Crippen molar-refractivity contribution >= 4 is 5.97 Å². The summed E-state index contributed by atoms with van der Waals surface area (Å²) in [5, 5.41) is 0. The number of benzene rings is 1. The first-order valence-corrected chi connectivity index (χ1v) is 5.72. The highest BCUT2D eigenvalue weighted by molar-refractivity contribution is 5.82. The van der Waals surface area contributed by atoms with Gasteiger partial charge < -0.3 is 4.74 Å². The van der Waals surface area contributed by atoms with Gasteiger partial charge >= 0.3 is 5.97 Å². The molecule has 0 unspecified atom stereocenters. The summed E-state index contributed by atoms with van der Waals surface area (Å²) < 4.78 is 43.9. The minimum Gasteiger partial charge on any atom is -0.457 e. The molecule has 104 valence electrons. The van der Waals surface area contributed by atoms with E-state index in [2.05, 4.69) is 0 Å². The normalized spacial score (nSPS) is 11.9. The Bertz CT molecular complexity index is 502. The van der Waals surface area contributed by atoms with Crippen LogP contribution >= 0.6 is 0 Å². The number of hydrogen-bond acceptors (Lipinski definition) is 2. The van der Waals surface area contributed by atoms with Crippen LogP contribution in [0.4, 0.5) is 13.2 Å². The van der Waals surface area contributed by atoms with E-state index in [-0.39, 0.29) is 12.0 Å². The Labute approximate surface area is 109 Å². The van der Waals surface area contributed by atoms with E-state index in [9.17, 15) is 18.0 Å². The van der Waals surface area contributed by atoms with Crippen LogP contribution in [0.5, 0.6) is 0 Å². The molecule has 0 atom stereocenters. The molecule has 0 saturated carbocycles. The SMILES string of the molecule is CC(C)(C)OC(=O)C=CCc1ccc(F)c(F)c1F. The molecule has 0 saturated heterocycles. The van der Waals surface area contributed by atoms with Gasteiger partial charge in [0.15, 0.2) is 17.5 Å². The highest BCUT2D eigenvalue weighted by Crippen LogP contribution is 2.16. The molecule has 19 heavy (non-hydrogen) atoms. The summed E-state index contributed by atoms with van der Waals surface area (Å²) in [4.78, 5) is 11.3. The molecule has 0 aliphatic carbocycles. The van der Waals surface area contributed by atoms with Crippen LogP contribution in [0.1, 0.15) is 26.3 Å². The van der Waals surface area contributed by atoms with E-state index in [1.54, 1.807) is 20.8 Å². The maximum atomic E-state index is 13.3. The first-order valence-electron chi connectivity index (χ1n) is 5.72. The van der Waals surface area contributed by atoms with E-state index < -0.39 is 29.0 Å². The topological polar surface area (TPSA) is 26.3 Å². The van der Waals surface area contributed by atoms with Gasteiger partial charge in [0, 0.05) is 6.08 Å². The van der Waals surface area contributed by atoms with Gasteiger partial charge in [-0.2, -0.15) is 0 Å². The van der Waals surface area contributed by atoms with Gasteiger partial charge in [0.05, 0.1) is 0 Å². The zero-order valence-corrected chi connectivity index (χ0v) is 11.0. The van der Waals surface area contributed by atoms with Crippen LogP contribution in [0.3, 0.4) is 0 Å². The van der Waals surface area contributed by atoms with Crippen LogP contribution in [0.25, 0.3) is 0 Å². The van der Waals surface area contributed by atoms with Gasteiger partial charge in [0.2, 0.25) is 0 Å². The molecule has 2 nitrogen and oxygen atoms in total. The van der Waals surface area contributed by atoms with Gasteiger partial charge in [-0.25, -0.2) is 18.0 Å². The molecule has 1 aromatic rings. The van der Waals surface area contributed by atoms with Crippen LogP contribution in [0.2, 0.25) is 0 Å². The molecule has 0 radical (unpaired) electrons. The smallest absolute Gasteiger partial charge is 0.330 e. The van der Waals surface area contributed by atoms with E-state index in [1.807, 2.05) is 0 Å². The van der Waals surface area contributed by atoms with Gasteiger partial charge in [0.1, 0.15) is 5.60 Å². The summed E-state index contributed by atoms with van der Waals surface area (Å²) in [5.74, 6) is -4.56.